The van der Waals surface area contributed by atoms with Crippen LogP contribution >= 0.6 is 0 Å². The van der Waals surface area contributed by atoms with Gasteiger partial charge < -0.3 is 15.0 Å². The van der Waals surface area contributed by atoms with Gasteiger partial charge in [-0.05, 0) is 29.8 Å². The minimum atomic E-state index is -0.977. The van der Waals surface area contributed by atoms with Gasteiger partial charge in [0.25, 0.3) is 0 Å². The minimum Gasteiger partial charge on any atom is -0.481 e. The van der Waals surface area contributed by atoms with Crippen LogP contribution in [0.3, 0.4) is 0 Å². The molecular weight excluding hydrogens is 352 g/mol. The van der Waals surface area contributed by atoms with E-state index in [1.807, 2.05) is 48.5 Å². The molecule has 0 radical (unpaired) electrons. The molecule has 0 aliphatic heterocycles. The van der Waals surface area contributed by atoms with Crippen molar-refractivity contribution in [3.05, 3.63) is 78.4 Å². The van der Waals surface area contributed by atoms with Crippen LogP contribution in [0.5, 0.6) is 0 Å². The third-order valence-electron chi connectivity index (χ3n) is 4.81. The first-order valence-corrected chi connectivity index (χ1v) is 9.18. The van der Waals surface area contributed by atoms with Crippen LogP contribution in [0.2, 0.25) is 0 Å². The number of aromatic nitrogens is 1. The summed E-state index contributed by atoms with van der Waals surface area (Å²) in [4.78, 5) is 22.6. The maximum Gasteiger partial charge on any atom is 0.303 e. The molecule has 2 N–H and O–H groups in total. The van der Waals surface area contributed by atoms with Crippen LogP contribution in [0.15, 0.2) is 72.8 Å². The van der Waals surface area contributed by atoms with Crippen molar-refractivity contribution in [2.24, 2.45) is 0 Å². The molecule has 28 heavy (non-hydrogen) atoms. The molecule has 3 aromatic carbocycles. The van der Waals surface area contributed by atoms with Gasteiger partial charge >= 0.3 is 5.97 Å². The van der Waals surface area contributed by atoms with E-state index < -0.39 is 5.97 Å². The van der Waals surface area contributed by atoms with Crippen molar-refractivity contribution in [2.45, 2.75) is 19.4 Å². The molecule has 1 heterocycles. The number of para-hydroxylation sites is 1. The highest BCUT2D eigenvalue weighted by Crippen LogP contribution is 2.31. The summed E-state index contributed by atoms with van der Waals surface area (Å²) >= 11 is 0. The molecule has 0 atom stereocenters. The molecule has 1 aromatic heterocycles. The molecule has 0 saturated carbocycles. The summed E-state index contributed by atoms with van der Waals surface area (Å²) in [7, 11) is 0. The van der Waals surface area contributed by atoms with Crippen molar-refractivity contribution in [3.8, 4) is 0 Å². The molecule has 0 unspecified atom stereocenters. The average molecular weight is 372 g/mol. The summed E-state index contributed by atoms with van der Waals surface area (Å²) in [5, 5.41) is 13.7. The zero-order chi connectivity index (χ0) is 19.5. The van der Waals surface area contributed by atoms with E-state index >= 15 is 0 Å². The standard InChI is InChI=1S/C23H20N2O3/c26-22(12-13-23(27)28)24-17-10-11-21-19(14-17)18-8-4-5-9-20(18)25(21)15-16-6-2-1-3-7-16/h1-11,14H,12-13,15H2,(H,24,26)(H,27,28). The smallest absolute Gasteiger partial charge is 0.303 e. The topological polar surface area (TPSA) is 71.3 Å². The van der Waals surface area contributed by atoms with Crippen LogP contribution in [0.4, 0.5) is 5.69 Å². The average Bonchev–Trinajstić information content (AvgIpc) is 3.01. The summed E-state index contributed by atoms with van der Waals surface area (Å²) in [5.41, 5.74) is 4.12. The predicted octanol–water partition coefficient (Wildman–Crippen LogP) is 4.65. The monoisotopic (exact) mass is 372 g/mol. The van der Waals surface area contributed by atoms with Gasteiger partial charge in [0.1, 0.15) is 0 Å². The van der Waals surface area contributed by atoms with Gasteiger partial charge in [0.05, 0.1) is 6.42 Å². The van der Waals surface area contributed by atoms with E-state index in [0.717, 1.165) is 28.4 Å². The van der Waals surface area contributed by atoms with Gasteiger partial charge in [-0.2, -0.15) is 0 Å². The molecule has 0 fully saturated rings. The Balaban J connectivity index is 1.72. The van der Waals surface area contributed by atoms with Crippen LogP contribution in [0.1, 0.15) is 18.4 Å². The second-order valence-electron chi connectivity index (χ2n) is 6.76. The summed E-state index contributed by atoms with van der Waals surface area (Å²) < 4.78 is 2.27. The highest BCUT2D eigenvalue weighted by atomic mass is 16.4. The van der Waals surface area contributed by atoms with Crippen LogP contribution < -0.4 is 5.32 Å². The summed E-state index contributed by atoms with van der Waals surface area (Å²) in [6, 6.07) is 24.3. The van der Waals surface area contributed by atoms with E-state index in [4.69, 9.17) is 5.11 Å². The fraction of sp³-hybridized carbons (Fsp3) is 0.130. The lowest BCUT2D eigenvalue weighted by atomic mass is 10.1. The Kier molecular flexibility index (Phi) is 4.81. The lowest BCUT2D eigenvalue weighted by molar-refractivity contribution is -0.138. The second-order valence-corrected chi connectivity index (χ2v) is 6.76. The number of carbonyl (C=O) groups is 2. The number of amides is 1. The molecule has 0 aliphatic carbocycles. The minimum absolute atomic E-state index is 0.0386. The van der Waals surface area contributed by atoms with Crippen molar-refractivity contribution in [1.29, 1.82) is 0 Å². The molecule has 140 valence electrons. The lowest BCUT2D eigenvalue weighted by Gasteiger charge is -2.09. The van der Waals surface area contributed by atoms with Crippen LogP contribution in [-0.4, -0.2) is 21.6 Å². The Morgan fingerprint density at radius 3 is 2.32 bits per heavy atom. The molecule has 0 saturated heterocycles. The van der Waals surface area contributed by atoms with Gasteiger partial charge in [-0.1, -0.05) is 48.5 Å². The zero-order valence-corrected chi connectivity index (χ0v) is 15.3. The number of aliphatic carboxylic acids is 1. The number of carbonyl (C=O) groups excluding carboxylic acids is 1. The quantitative estimate of drug-likeness (QED) is 0.518. The SMILES string of the molecule is O=C(O)CCC(=O)Nc1ccc2c(c1)c1ccccc1n2Cc1ccccc1. The summed E-state index contributed by atoms with van der Waals surface area (Å²) in [6.07, 6.45) is -0.215. The molecule has 4 aromatic rings. The Hall–Kier alpha value is -3.60. The second kappa shape index (κ2) is 7.56. The first kappa shape index (κ1) is 17.8. The number of carboxylic acid groups (broad SMARTS) is 1. The number of carboxylic acids is 1. The van der Waals surface area contributed by atoms with Crippen molar-refractivity contribution in [3.63, 3.8) is 0 Å². The number of rotatable bonds is 6. The maximum absolute atomic E-state index is 12.0. The third kappa shape index (κ3) is 3.60. The van der Waals surface area contributed by atoms with Gasteiger partial charge in [-0.25, -0.2) is 0 Å². The van der Waals surface area contributed by atoms with Crippen molar-refractivity contribution in [1.82, 2.24) is 4.57 Å². The first-order chi connectivity index (χ1) is 13.6. The number of fused-ring (bicyclic) bond motifs is 3. The van der Waals surface area contributed by atoms with E-state index in [2.05, 4.69) is 34.1 Å². The molecule has 0 aliphatic rings. The fourth-order valence-electron chi connectivity index (χ4n) is 3.51. The van der Waals surface area contributed by atoms with E-state index in [0.29, 0.717) is 5.69 Å². The number of nitrogens with zero attached hydrogens (tertiary/aromatic N) is 1. The molecule has 5 nitrogen and oxygen atoms in total. The van der Waals surface area contributed by atoms with E-state index in [-0.39, 0.29) is 18.7 Å². The predicted molar refractivity (Wildman–Crippen MR) is 110 cm³/mol. The van der Waals surface area contributed by atoms with Gasteiger partial charge in [0.15, 0.2) is 0 Å². The van der Waals surface area contributed by atoms with Crippen LogP contribution in [0, 0.1) is 0 Å². The van der Waals surface area contributed by atoms with Gasteiger partial charge in [-0.15, -0.1) is 0 Å². The normalized spacial score (nSPS) is 11.0. The number of anilines is 1. The number of hydrogen-bond acceptors (Lipinski definition) is 2. The highest BCUT2D eigenvalue weighted by molar-refractivity contribution is 6.09. The highest BCUT2D eigenvalue weighted by Gasteiger charge is 2.12. The molecule has 1 amide bonds. The molecular formula is C23H20N2O3. The summed E-state index contributed by atoms with van der Waals surface area (Å²) in [5.74, 6) is -1.27. The Morgan fingerprint density at radius 1 is 0.821 bits per heavy atom. The molecule has 0 spiro atoms. The number of nitrogens with one attached hydrogen (secondary N) is 1. The fourth-order valence-corrected chi connectivity index (χ4v) is 3.51. The van der Waals surface area contributed by atoms with Crippen LogP contribution in [0.25, 0.3) is 21.8 Å². The number of hydrogen-bond donors (Lipinski definition) is 2. The van der Waals surface area contributed by atoms with E-state index in [1.165, 1.54) is 5.56 Å². The molecule has 0 bridgehead atoms. The lowest BCUT2D eigenvalue weighted by Crippen LogP contribution is -2.13. The third-order valence-corrected chi connectivity index (χ3v) is 4.81. The Bertz CT molecular complexity index is 1160. The summed E-state index contributed by atoms with van der Waals surface area (Å²) in [6.45, 7) is 0.759. The van der Waals surface area contributed by atoms with Crippen molar-refractivity contribution < 1.29 is 14.7 Å². The zero-order valence-electron chi connectivity index (χ0n) is 15.3. The van der Waals surface area contributed by atoms with Gasteiger partial charge in [0.2, 0.25) is 5.91 Å². The Morgan fingerprint density at radius 2 is 1.54 bits per heavy atom. The van der Waals surface area contributed by atoms with Gasteiger partial charge in [0, 0.05) is 40.5 Å². The maximum atomic E-state index is 12.0. The Labute approximate surface area is 162 Å². The van der Waals surface area contributed by atoms with Crippen molar-refractivity contribution in [2.75, 3.05) is 5.32 Å². The van der Waals surface area contributed by atoms with E-state index in [9.17, 15) is 9.59 Å². The van der Waals surface area contributed by atoms with E-state index in [1.54, 1.807) is 0 Å². The van der Waals surface area contributed by atoms with Crippen molar-refractivity contribution >= 4 is 39.4 Å². The molecule has 4 rings (SSSR count). The largest absolute Gasteiger partial charge is 0.481 e. The van der Waals surface area contributed by atoms with Crippen LogP contribution in [-0.2, 0) is 16.1 Å². The molecule has 5 heteroatoms. The van der Waals surface area contributed by atoms with Gasteiger partial charge in [-0.3, -0.25) is 9.59 Å². The number of benzene rings is 3. The first-order valence-electron chi connectivity index (χ1n) is 9.18.